The first-order chi connectivity index (χ1) is 11.8. The second-order valence-corrected chi connectivity index (χ2v) is 5.20. The van der Waals surface area contributed by atoms with Crippen molar-refractivity contribution in [2.75, 3.05) is 13.1 Å². The van der Waals surface area contributed by atoms with Crippen molar-refractivity contribution >= 4 is 12.4 Å². The van der Waals surface area contributed by atoms with E-state index in [2.05, 4.69) is 20.0 Å². The van der Waals surface area contributed by atoms with Crippen molar-refractivity contribution in [2.24, 2.45) is 9.98 Å². The monoisotopic (exact) mass is 326 g/mol. The number of aromatic nitrogens is 2. The second-order valence-electron chi connectivity index (χ2n) is 5.20. The Labute approximate surface area is 141 Å². The van der Waals surface area contributed by atoms with E-state index >= 15 is 0 Å². The molecule has 0 aliphatic heterocycles. The van der Waals surface area contributed by atoms with Crippen molar-refractivity contribution in [3.05, 3.63) is 59.2 Å². The van der Waals surface area contributed by atoms with Gasteiger partial charge in [-0.15, -0.1) is 0 Å². The fraction of sp³-hybridized carbons (Fsp3) is 0.333. The summed E-state index contributed by atoms with van der Waals surface area (Å²) in [4.78, 5) is 17.1. The zero-order valence-corrected chi connectivity index (χ0v) is 13.5. The molecular weight excluding hydrogens is 304 g/mol. The van der Waals surface area contributed by atoms with E-state index in [4.69, 9.17) is 10.2 Å². The summed E-state index contributed by atoms with van der Waals surface area (Å²) in [5.41, 5.74) is 2.81. The van der Waals surface area contributed by atoms with Crippen LogP contribution in [0.1, 0.15) is 35.6 Å². The van der Waals surface area contributed by atoms with Gasteiger partial charge in [0.15, 0.2) is 0 Å². The Morgan fingerprint density at radius 1 is 0.750 bits per heavy atom. The van der Waals surface area contributed by atoms with Crippen LogP contribution < -0.4 is 0 Å². The highest BCUT2D eigenvalue weighted by atomic mass is 16.3. The summed E-state index contributed by atoms with van der Waals surface area (Å²) in [7, 11) is 0. The van der Waals surface area contributed by atoms with Crippen LogP contribution in [-0.2, 0) is 13.2 Å². The predicted octanol–water partition coefficient (Wildman–Crippen LogP) is 1.78. The summed E-state index contributed by atoms with van der Waals surface area (Å²) in [6.07, 6.45) is 5.34. The third-order valence-electron chi connectivity index (χ3n) is 3.25. The zero-order valence-electron chi connectivity index (χ0n) is 13.5. The highest BCUT2D eigenvalue weighted by molar-refractivity contribution is 5.77. The van der Waals surface area contributed by atoms with E-state index in [1.807, 2.05) is 24.3 Å². The molecule has 6 heteroatoms. The first kappa shape index (κ1) is 17.9. The van der Waals surface area contributed by atoms with Gasteiger partial charge in [0, 0.05) is 25.5 Å². The van der Waals surface area contributed by atoms with Crippen molar-refractivity contribution in [1.82, 2.24) is 9.97 Å². The van der Waals surface area contributed by atoms with E-state index in [1.165, 1.54) is 0 Å². The summed E-state index contributed by atoms with van der Waals surface area (Å²) in [6, 6.07) is 11.0. The number of rotatable bonds is 9. The van der Waals surface area contributed by atoms with Crippen LogP contribution in [0.3, 0.4) is 0 Å². The molecule has 0 aliphatic rings. The Morgan fingerprint density at radius 3 is 1.62 bits per heavy atom. The number of pyridine rings is 2. The minimum absolute atomic E-state index is 0.0598. The molecule has 0 spiro atoms. The van der Waals surface area contributed by atoms with Gasteiger partial charge >= 0.3 is 0 Å². The van der Waals surface area contributed by atoms with Gasteiger partial charge in [0.25, 0.3) is 0 Å². The van der Waals surface area contributed by atoms with Crippen molar-refractivity contribution in [2.45, 2.75) is 26.1 Å². The van der Waals surface area contributed by atoms with Crippen molar-refractivity contribution in [3.8, 4) is 0 Å². The molecule has 0 radical (unpaired) electrons. The third kappa shape index (κ3) is 6.36. The van der Waals surface area contributed by atoms with E-state index in [0.29, 0.717) is 11.4 Å². The van der Waals surface area contributed by atoms with Gasteiger partial charge in [0.1, 0.15) is 0 Å². The molecule has 0 aliphatic carbocycles. The summed E-state index contributed by atoms with van der Waals surface area (Å²) >= 11 is 0. The lowest BCUT2D eigenvalue weighted by Gasteiger charge is -1.98. The zero-order chi connectivity index (χ0) is 17.0. The van der Waals surface area contributed by atoms with Gasteiger partial charge < -0.3 is 10.2 Å². The summed E-state index contributed by atoms with van der Waals surface area (Å²) in [6.45, 7) is 1.32. The molecule has 2 aromatic heterocycles. The molecule has 6 nitrogen and oxygen atoms in total. The first-order valence-corrected chi connectivity index (χ1v) is 7.95. The van der Waals surface area contributed by atoms with Crippen LogP contribution in [0, 0.1) is 0 Å². The highest BCUT2D eigenvalue weighted by Crippen LogP contribution is 1.99. The summed E-state index contributed by atoms with van der Waals surface area (Å²) in [5, 5.41) is 18.1. The van der Waals surface area contributed by atoms with E-state index in [9.17, 15) is 0 Å². The molecule has 0 fully saturated rings. The molecule has 24 heavy (non-hydrogen) atoms. The van der Waals surface area contributed by atoms with Gasteiger partial charge in [-0.3, -0.25) is 9.98 Å². The van der Waals surface area contributed by atoms with E-state index < -0.39 is 0 Å². The SMILES string of the molecule is OCc1cccc(C=NCCCCN=Cc2cccc(CO)n2)n1. The average molecular weight is 326 g/mol. The Bertz CT molecular complexity index is 627. The van der Waals surface area contributed by atoms with Gasteiger partial charge in [0.2, 0.25) is 0 Å². The lowest BCUT2D eigenvalue weighted by molar-refractivity contribution is 0.276. The number of nitrogens with zero attached hydrogens (tertiary/aromatic N) is 4. The van der Waals surface area contributed by atoms with E-state index in [1.54, 1.807) is 24.6 Å². The minimum atomic E-state index is -0.0598. The maximum Gasteiger partial charge on any atom is 0.0853 e. The number of unbranched alkanes of at least 4 members (excludes halogenated alkanes) is 1. The largest absolute Gasteiger partial charge is 0.390 e. The Morgan fingerprint density at radius 2 is 1.21 bits per heavy atom. The average Bonchev–Trinajstić information content (AvgIpc) is 2.64. The number of hydrogen-bond acceptors (Lipinski definition) is 6. The number of aliphatic hydroxyl groups excluding tert-OH is 2. The van der Waals surface area contributed by atoms with Gasteiger partial charge in [-0.05, 0) is 37.1 Å². The maximum absolute atomic E-state index is 9.03. The van der Waals surface area contributed by atoms with Crippen molar-refractivity contribution in [1.29, 1.82) is 0 Å². The van der Waals surface area contributed by atoms with E-state index in [-0.39, 0.29) is 13.2 Å². The van der Waals surface area contributed by atoms with Gasteiger partial charge in [0.05, 0.1) is 36.0 Å². The molecule has 0 bridgehead atoms. The molecular formula is C18H22N4O2. The molecule has 0 unspecified atom stereocenters. The van der Waals surface area contributed by atoms with E-state index in [0.717, 1.165) is 37.3 Å². The van der Waals surface area contributed by atoms with Crippen LogP contribution in [0.5, 0.6) is 0 Å². The maximum atomic E-state index is 9.03. The normalized spacial score (nSPS) is 11.6. The molecule has 0 saturated carbocycles. The fourth-order valence-corrected chi connectivity index (χ4v) is 2.04. The van der Waals surface area contributed by atoms with Crippen molar-refractivity contribution in [3.63, 3.8) is 0 Å². The van der Waals surface area contributed by atoms with Crippen LogP contribution >= 0.6 is 0 Å². The summed E-state index contributed by atoms with van der Waals surface area (Å²) in [5.74, 6) is 0. The second kappa shape index (κ2) is 10.4. The molecule has 2 rings (SSSR count). The number of aliphatic imine (C=N–C) groups is 2. The minimum Gasteiger partial charge on any atom is -0.390 e. The molecule has 0 aromatic carbocycles. The Kier molecular flexibility index (Phi) is 7.73. The van der Waals surface area contributed by atoms with Crippen molar-refractivity contribution < 1.29 is 10.2 Å². The predicted molar refractivity (Wildman–Crippen MR) is 94.5 cm³/mol. The molecule has 0 atom stereocenters. The topological polar surface area (TPSA) is 91.0 Å². The van der Waals surface area contributed by atoms with Crippen LogP contribution in [-0.4, -0.2) is 45.7 Å². The molecule has 2 N–H and O–H groups in total. The van der Waals surface area contributed by atoms with Crippen LogP contribution in [0.25, 0.3) is 0 Å². The first-order valence-electron chi connectivity index (χ1n) is 7.95. The smallest absolute Gasteiger partial charge is 0.0853 e. The third-order valence-corrected chi connectivity index (χ3v) is 3.25. The Balaban J connectivity index is 1.65. The highest BCUT2D eigenvalue weighted by Gasteiger charge is 1.94. The quantitative estimate of drug-likeness (QED) is 0.543. The molecule has 0 amide bonds. The fourth-order valence-electron chi connectivity index (χ4n) is 2.04. The lowest BCUT2D eigenvalue weighted by atomic mass is 10.3. The molecule has 126 valence electrons. The Hall–Kier alpha value is -2.44. The summed E-state index contributed by atoms with van der Waals surface area (Å²) < 4.78 is 0. The molecule has 2 aromatic rings. The van der Waals surface area contributed by atoms with Crippen LogP contribution in [0.2, 0.25) is 0 Å². The van der Waals surface area contributed by atoms with Crippen LogP contribution in [0.15, 0.2) is 46.4 Å². The van der Waals surface area contributed by atoms with Gasteiger partial charge in [-0.25, -0.2) is 9.97 Å². The molecule has 0 saturated heterocycles. The number of aliphatic hydroxyl groups is 2. The van der Waals surface area contributed by atoms with Crippen LogP contribution in [0.4, 0.5) is 0 Å². The van der Waals surface area contributed by atoms with Gasteiger partial charge in [-0.2, -0.15) is 0 Å². The lowest BCUT2D eigenvalue weighted by Crippen LogP contribution is -1.95. The van der Waals surface area contributed by atoms with Gasteiger partial charge in [-0.1, -0.05) is 12.1 Å². The molecule has 2 heterocycles. The number of hydrogen-bond donors (Lipinski definition) is 2. The standard InChI is InChI=1S/C18H22N4O2/c23-13-17-7-3-5-15(21-17)11-19-9-1-2-10-20-12-16-6-4-8-18(14-24)22-16/h3-8,11-12,23-24H,1-2,9-10,13-14H2.